The van der Waals surface area contributed by atoms with E-state index in [1.165, 1.54) is 32.7 Å². The molecule has 0 radical (unpaired) electrons. The predicted octanol–water partition coefficient (Wildman–Crippen LogP) is 5.21. The minimum absolute atomic E-state index is 0.285. The summed E-state index contributed by atoms with van der Waals surface area (Å²) in [6.45, 7) is 2.05. The molecule has 0 atom stereocenters. The standard InChI is InChI=1S/C20H21N3O5S/c1-5-28-20(24)19-17(13-8-6-7-9-16(13)29-19)22-23-21-12-10-14(25-2)18(27-4)15(11-12)26-3/h6-11H,5H2,1-4H3,(H,21,22). The molecule has 8 nitrogen and oxygen atoms in total. The minimum atomic E-state index is -0.421. The van der Waals surface area contributed by atoms with Gasteiger partial charge in [0.15, 0.2) is 11.5 Å². The molecule has 0 saturated heterocycles. The molecule has 9 heteroatoms. The van der Waals surface area contributed by atoms with Gasteiger partial charge in [0.05, 0.1) is 33.6 Å². The van der Waals surface area contributed by atoms with Crippen LogP contribution in [-0.2, 0) is 4.74 Å². The quantitative estimate of drug-likeness (QED) is 0.308. The van der Waals surface area contributed by atoms with E-state index in [-0.39, 0.29) is 6.61 Å². The largest absolute Gasteiger partial charge is 0.493 e. The molecule has 0 aliphatic heterocycles. The number of carbonyl (C=O) groups is 1. The number of nitrogens with one attached hydrogen (secondary N) is 1. The Hall–Kier alpha value is -3.33. The van der Waals surface area contributed by atoms with Gasteiger partial charge in [-0.2, -0.15) is 0 Å². The summed E-state index contributed by atoms with van der Waals surface area (Å²) in [5.74, 6) is 1.02. The first-order valence-electron chi connectivity index (χ1n) is 8.78. The van der Waals surface area contributed by atoms with Crippen LogP contribution < -0.4 is 19.6 Å². The molecule has 0 saturated carbocycles. The highest BCUT2D eigenvalue weighted by Crippen LogP contribution is 2.41. The predicted molar refractivity (Wildman–Crippen MR) is 112 cm³/mol. The normalized spacial score (nSPS) is 10.9. The van der Waals surface area contributed by atoms with Crippen molar-refractivity contribution >= 4 is 38.8 Å². The van der Waals surface area contributed by atoms with Crippen molar-refractivity contribution in [1.29, 1.82) is 0 Å². The van der Waals surface area contributed by atoms with Crippen LogP contribution in [0.2, 0.25) is 0 Å². The average molecular weight is 415 g/mol. The number of fused-ring (bicyclic) bond motifs is 1. The SMILES string of the molecule is CCOC(=O)c1sc2ccccc2c1N=NNc1cc(OC)c(OC)c(OC)c1. The van der Waals surface area contributed by atoms with Gasteiger partial charge in [0.1, 0.15) is 10.6 Å². The summed E-state index contributed by atoms with van der Waals surface area (Å²) < 4.78 is 22.0. The first kappa shape index (κ1) is 20.4. The Morgan fingerprint density at radius 3 is 2.38 bits per heavy atom. The highest BCUT2D eigenvalue weighted by molar-refractivity contribution is 7.21. The van der Waals surface area contributed by atoms with Crippen molar-refractivity contribution in [2.75, 3.05) is 33.4 Å². The Kier molecular flexibility index (Phi) is 6.50. The van der Waals surface area contributed by atoms with Crippen molar-refractivity contribution in [2.45, 2.75) is 6.92 Å². The molecule has 0 amide bonds. The topological polar surface area (TPSA) is 90.7 Å². The molecule has 0 aliphatic carbocycles. The number of carbonyl (C=O) groups excluding carboxylic acids is 1. The lowest BCUT2D eigenvalue weighted by Crippen LogP contribution is -2.02. The fourth-order valence-electron chi connectivity index (χ4n) is 2.74. The average Bonchev–Trinajstić information content (AvgIpc) is 3.12. The summed E-state index contributed by atoms with van der Waals surface area (Å²) in [6, 6.07) is 11.0. The van der Waals surface area contributed by atoms with Gasteiger partial charge in [-0.3, -0.25) is 5.43 Å². The maximum absolute atomic E-state index is 12.3. The molecule has 0 unspecified atom stereocenters. The molecule has 0 spiro atoms. The van der Waals surface area contributed by atoms with Crippen LogP contribution in [0.3, 0.4) is 0 Å². The Labute approximate surface area is 172 Å². The number of nitrogens with zero attached hydrogens (tertiary/aromatic N) is 2. The molecule has 1 aromatic heterocycles. The number of anilines is 1. The summed E-state index contributed by atoms with van der Waals surface area (Å²) in [4.78, 5) is 12.7. The monoisotopic (exact) mass is 415 g/mol. The molecule has 3 aromatic rings. The maximum atomic E-state index is 12.3. The summed E-state index contributed by atoms with van der Waals surface area (Å²) in [5, 5.41) is 9.15. The van der Waals surface area contributed by atoms with Gasteiger partial charge in [-0.1, -0.05) is 23.4 Å². The number of ether oxygens (including phenoxy) is 4. The van der Waals surface area contributed by atoms with E-state index >= 15 is 0 Å². The third-order valence-corrected chi connectivity index (χ3v) is 5.16. The van der Waals surface area contributed by atoms with E-state index in [9.17, 15) is 4.79 Å². The van der Waals surface area contributed by atoms with E-state index in [1.54, 1.807) is 19.1 Å². The van der Waals surface area contributed by atoms with Crippen molar-refractivity contribution in [3.05, 3.63) is 41.3 Å². The minimum Gasteiger partial charge on any atom is -0.493 e. The molecular weight excluding hydrogens is 394 g/mol. The lowest BCUT2D eigenvalue weighted by molar-refractivity contribution is 0.0533. The van der Waals surface area contributed by atoms with Gasteiger partial charge >= 0.3 is 5.97 Å². The number of rotatable bonds is 8. The van der Waals surface area contributed by atoms with Crippen LogP contribution in [0, 0.1) is 0 Å². The zero-order valence-electron chi connectivity index (χ0n) is 16.5. The molecule has 0 aliphatic rings. The van der Waals surface area contributed by atoms with Gasteiger partial charge in [0.2, 0.25) is 5.75 Å². The highest BCUT2D eigenvalue weighted by atomic mass is 32.1. The second-order valence-electron chi connectivity index (χ2n) is 5.72. The molecule has 152 valence electrons. The van der Waals surface area contributed by atoms with E-state index in [2.05, 4.69) is 15.8 Å². The van der Waals surface area contributed by atoms with Crippen LogP contribution in [-0.4, -0.2) is 33.9 Å². The Bertz CT molecular complexity index is 1020. The van der Waals surface area contributed by atoms with Gasteiger partial charge in [-0.05, 0) is 13.0 Å². The first-order chi connectivity index (χ1) is 14.1. The lowest BCUT2D eigenvalue weighted by Gasteiger charge is -2.13. The number of thiophene rings is 1. The zero-order chi connectivity index (χ0) is 20.8. The lowest BCUT2D eigenvalue weighted by atomic mass is 10.2. The molecule has 29 heavy (non-hydrogen) atoms. The zero-order valence-corrected chi connectivity index (χ0v) is 17.3. The fraction of sp³-hybridized carbons (Fsp3) is 0.250. The van der Waals surface area contributed by atoms with Gasteiger partial charge in [0, 0.05) is 22.2 Å². The van der Waals surface area contributed by atoms with Crippen molar-refractivity contribution in [3.63, 3.8) is 0 Å². The highest BCUT2D eigenvalue weighted by Gasteiger charge is 2.19. The smallest absolute Gasteiger partial charge is 0.350 e. The number of esters is 1. The second kappa shape index (κ2) is 9.24. The maximum Gasteiger partial charge on any atom is 0.350 e. The fourth-order valence-corrected chi connectivity index (χ4v) is 3.78. The van der Waals surface area contributed by atoms with Gasteiger partial charge in [-0.15, -0.1) is 16.5 Å². The second-order valence-corrected chi connectivity index (χ2v) is 6.77. The van der Waals surface area contributed by atoms with Crippen molar-refractivity contribution < 1.29 is 23.7 Å². The van der Waals surface area contributed by atoms with Crippen LogP contribution in [0.1, 0.15) is 16.6 Å². The van der Waals surface area contributed by atoms with E-state index in [0.29, 0.717) is 33.5 Å². The molecule has 3 rings (SSSR count). The number of hydrogen-bond acceptors (Lipinski definition) is 8. The van der Waals surface area contributed by atoms with Gasteiger partial charge in [-0.25, -0.2) is 4.79 Å². The van der Waals surface area contributed by atoms with E-state index in [4.69, 9.17) is 18.9 Å². The first-order valence-corrected chi connectivity index (χ1v) is 9.60. The van der Waals surface area contributed by atoms with Gasteiger partial charge in [0.25, 0.3) is 0 Å². The summed E-state index contributed by atoms with van der Waals surface area (Å²) in [6.07, 6.45) is 0. The van der Waals surface area contributed by atoms with E-state index < -0.39 is 5.97 Å². The van der Waals surface area contributed by atoms with Crippen molar-refractivity contribution in [3.8, 4) is 17.2 Å². The molecule has 0 bridgehead atoms. The Morgan fingerprint density at radius 1 is 1.07 bits per heavy atom. The number of hydrogen-bond donors (Lipinski definition) is 1. The van der Waals surface area contributed by atoms with Crippen LogP contribution in [0.15, 0.2) is 46.7 Å². The summed E-state index contributed by atoms with van der Waals surface area (Å²) >= 11 is 1.32. The molecule has 0 fully saturated rings. The van der Waals surface area contributed by atoms with Crippen LogP contribution in [0.25, 0.3) is 10.1 Å². The number of methoxy groups -OCH3 is 3. The molecular formula is C20H21N3O5S. The van der Waals surface area contributed by atoms with Crippen molar-refractivity contribution in [2.24, 2.45) is 10.3 Å². The van der Waals surface area contributed by atoms with E-state index in [1.807, 2.05) is 24.3 Å². The molecule has 1 heterocycles. The molecule has 1 N–H and O–H groups in total. The van der Waals surface area contributed by atoms with E-state index in [0.717, 1.165) is 10.1 Å². The van der Waals surface area contributed by atoms with Gasteiger partial charge < -0.3 is 18.9 Å². The Balaban J connectivity index is 1.94. The molecule has 2 aromatic carbocycles. The van der Waals surface area contributed by atoms with Crippen LogP contribution in [0.5, 0.6) is 17.2 Å². The number of benzene rings is 2. The third kappa shape index (κ3) is 4.24. The summed E-state index contributed by atoms with van der Waals surface area (Å²) in [5.41, 5.74) is 3.89. The third-order valence-electron chi connectivity index (χ3n) is 4.02. The van der Waals surface area contributed by atoms with Crippen LogP contribution >= 0.6 is 11.3 Å². The summed E-state index contributed by atoms with van der Waals surface area (Å²) in [7, 11) is 4.60. The Morgan fingerprint density at radius 2 is 1.76 bits per heavy atom. The van der Waals surface area contributed by atoms with Crippen LogP contribution in [0.4, 0.5) is 11.4 Å². The van der Waals surface area contributed by atoms with Crippen molar-refractivity contribution in [1.82, 2.24) is 0 Å².